The van der Waals surface area contributed by atoms with Gasteiger partial charge in [0.05, 0.1) is 16.8 Å². The Labute approximate surface area is 130 Å². The van der Waals surface area contributed by atoms with Crippen LogP contribution >= 0.6 is 31.9 Å². The fourth-order valence-electron chi connectivity index (χ4n) is 2.06. The molecule has 1 aromatic carbocycles. The van der Waals surface area contributed by atoms with Crippen LogP contribution in [-0.2, 0) is 6.54 Å². The molecular weight excluding hydrogens is 372 g/mol. The lowest BCUT2D eigenvalue weighted by Gasteiger charge is -2.25. The van der Waals surface area contributed by atoms with Crippen LogP contribution < -0.4 is 5.73 Å². The van der Waals surface area contributed by atoms with Crippen LogP contribution in [0.1, 0.15) is 17.4 Å². The molecule has 5 heteroatoms. The van der Waals surface area contributed by atoms with Crippen molar-refractivity contribution in [2.75, 3.05) is 13.6 Å². The van der Waals surface area contributed by atoms with E-state index in [0.717, 1.165) is 21.3 Å². The molecule has 0 aliphatic carbocycles. The van der Waals surface area contributed by atoms with Crippen LogP contribution in [0.25, 0.3) is 0 Å². The SMILES string of the molecule is CN(Cc1cccc(Br)c1)C(CN)c1occc1Br. The summed E-state index contributed by atoms with van der Waals surface area (Å²) in [5.74, 6) is 0.875. The molecule has 2 N–H and O–H groups in total. The molecule has 19 heavy (non-hydrogen) atoms. The van der Waals surface area contributed by atoms with Gasteiger partial charge >= 0.3 is 0 Å². The Balaban J connectivity index is 2.14. The van der Waals surface area contributed by atoms with E-state index in [9.17, 15) is 0 Å². The van der Waals surface area contributed by atoms with Gasteiger partial charge in [-0.3, -0.25) is 4.90 Å². The average molecular weight is 388 g/mol. The second-order valence-corrected chi connectivity index (χ2v) is 6.20. The predicted octanol–water partition coefficient (Wildman–Crippen LogP) is 3.94. The van der Waals surface area contributed by atoms with Crippen molar-refractivity contribution in [3.05, 3.63) is 56.9 Å². The molecule has 0 saturated carbocycles. The van der Waals surface area contributed by atoms with Gasteiger partial charge in [0.1, 0.15) is 5.76 Å². The molecule has 0 fully saturated rings. The Hall–Kier alpha value is -0.620. The molecule has 0 bridgehead atoms. The van der Waals surface area contributed by atoms with Crippen LogP contribution in [-0.4, -0.2) is 18.5 Å². The van der Waals surface area contributed by atoms with Gasteiger partial charge in [0.2, 0.25) is 0 Å². The Morgan fingerprint density at radius 2 is 2.11 bits per heavy atom. The summed E-state index contributed by atoms with van der Waals surface area (Å²) in [7, 11) is 2.05. The van der Waals surface area contributed by atoms with Crippen molar-refractivity contribution in [3.8, 4) is 0 Å². The number of furan rings is 1. The number of likely N-dealkylation sites (N-methyl/N-ethyl adjacent to an activating group) is 1. The van der Waals surface area contributed by atoms with Gasteiger partial charge in [0, 0.05) is 17.6 Å². The minimum absolute atomic E-state index is 0.0587. The number of nitrogens with two attached hydrogens (primary N) is 1. The van der Waals surface area contributed by atoms with E-state index in [4.69, 9.17) is 10.2 Å². The maximum Gasteiger partial charge on any atom is 0.136 e. The lowest BCUT2D eigenvalue weighted by Crippen LogP contribution is -2.30. The van der Waals surface area contributed by atoms with Gasteiger partial charge in [-0.2, -0.15) is 0 Å². The lowest BCUT2D eigenvalue weighted by molar-refractivity contribution is 0.212. The Kier molecular flexibility index (Phi) is 5.21. The molecule has 3 nitrogen and oxygen atoms in total. The number of benzene rings is 1. The fourth-order valence-corrected chi connectivity index (χ4v) is 2.98. The van der Waals surface area contributed by atoms with Gasteiger partial charge in [-0.05, 0) is 46.7 Å². The number of hydrogen-bond donors (Lipinski definition) is 1. The van der Waals surface area contributed by atoms with E-state index in [2.05, 4.69) is 48.9 Å². The first-order chi connectivity index (χ1) is 9.11. The zero-order valence-corrected chi connectivity index (χ0v) is 13.8. The zero-order valence-electron chi connectivity index (χ0n) is 10.6. The minimum Gasteiger partial charge on any atom is -0.466 e. The normalized spacial score (nSPS) is 12.9. The van der Waals surface area contributed by atoms with Gasteiger partial charge < -0.3 is 10.2 Å². The highest BCUT2D eigenvalue weighted by molar-refractivity contribution is 9.10. The molecule has 0 saturated heterocycles. The largest absolute Gasteiger partial charge is 0.466 e. The van der Waals surface area contributed by atoms with Gasteiger partial charge in [-0.1, -0.05) is 28.1 Å². The Morgan fingerprint density at radius 3 is 2.68 bits per heavy atom. The van der Waals surface area contributed by atoms with Crippen LogP contribution in [0.15, 0.2) is 50.0 Å². The third-order valence-electron chi connectivity index (χ3n) is 3.02. The van der Waals surface area contributed by atoms with Crippen molar-refractivity contribution in [1.29, 1.82) is 0 Å². The predicted molar refractivity (Wildman–Crippen MR) is 83.8 cm³/mol. The molecule has 1 atom stereocenters. The molecule has 1 unspecified atom stereocenters. The highest BCUT2D eigenvalue weighted by Crippen LogP contribution is 2.28. The lowest BCUT2D eigenvalue weighted by atomic mass is 10.1. The topological polar surface area (TPSA) is 42.4 Å². The van der Waals surface area contributed by atoms with Crippen molar-refractivity contribution in [3.63, 3.8) is 0 Å². The average Bonchev–Trinajstić information content (AvgIpc) is 2.77. The van der Waals surface area contributed by atoms with E-state index in [1.807, 2.05) is 25.2 Å². The summed E-state index contributed by atoms with van der Waals surface area (Å²) < 4.78 is 7.57. The number of halogens is 2. The van der Waals surface area contributed by atoms with Gasteiger partial charge in [0.25, 0.3) is 0 Å². The first kappa shape index (κ1) is 14.8. The standard InChI is InChI=1S/C14H16Br2N2O/c1-18(9-10-3-2-4-11(15)7-10)13(8-17)14-12(16)5-6-19-14/h2-7,13H,8-9,17H2,1H3. The van der Waals surface area contributed by atoms with Gasteiger partial charge in [-0.25, -0.2) is 0 Å². The first-order valence-corrected chi connectivity index (χ1v) is 7.58. The highest BCUT2D eigenvalue weighted by Gasteiger charge is 2.21. The van der Waals surface area contributed by atoms with E-state index in [1.54, 1.807) is 6.26 Å². The maximum atomic E-state index is 5.89. The molecule has 102 valence electrons. The van der Waals surface area contributed by atoms with E-state index in [1.165, 1.54) is 5.56 Å². The molecule has 1 aromatic heterocycles. The summed E-state index contributed by atoms with van der Waals surface area (Å²) in [6, 6.07) is 10.2. The third-order valence-corrected chi connectivity index (χ3v) is 4.17. The molecule has 0 radical (unpaired) electrons. The monoisotopic (exact) mass is 386 g/mol. The molecule has 2 aromatic rings. The van der Waals surface area contributed by atoms with Crippen LogP contribution in [0.4, 0.5) is 0 Å². The van der Waals surface area contributed by atoms with E-state index in [0.29, 0.717) is 6.54 Å². The quantitative estimate of drug-likeness (QED) is 0.844. The summed E-state index contributed by atoms with van der Waals surface area (Å²) in [5, 5.41) is 0. The van der Waals surface area contributed by atoms with Crippen LogP contribution in [0, 0.1) is 0 Å². The molecule has 2 rings (SSSR count). The second kappa shape index (κ2) is 6.70. The van der Waals surface area contributed by atoms with Crippen LogP contribution in [0.2, 0.25) is 0 Å². The second-order valence-electron chi connectivity index (χ2n) is 4.43. The molecule has 0 amide bonds. The number of rotatable bonds is 5. The van der Waals surface area contributed by atoms with E-state index < -0.39 is 0 Å². The van der Waals surface area contributed by atoms with Gasteiger partial charge in [0.15, 0.2) is 0 Å². The van der Waals surface area contributed by atoms with Gasteiger partial charge in [-0.15, -0.1) is 0 Å². The summed E-state index contributed by atoms with van der Waals surface area (Å²) in [6.07, 6.45) is 1.68. The van der Waals surface area contributed by atoms with Crippen molar-refractivity contribution in [2.45, 2.75) is 12.6 Å². The molecule has 0 aliphatic rings. The number of nitrogens with zero attached hydrogens (tertiary/aromatic N) is 1. The van der Waals surface area contributed by atoms with Crippen LogP contribution in [0.5, 0.6) is 0 Å². The zero-order chi connectivity index (χ0) is 13.8. The fraction of sp³-hybridized carbons (Fsp3) is 0.286. The van der Waals surface area contributed by atoms with Crippen molar-refractivity contribution < 1.29 is 4.42 Å². The first-order valence-electron chi connectivity index (χ1n) is 5.99. The van der Waals surface area contributed by atoms with E-state index in [-0.39, 0.29) is 6.04 Å². The summed E-state index contributed by atoms with van der Waals surface area (Å²) in [4.78, 5) is 2.19. The van der Waals surface area contributed by atoms with Crippen molar-refractivity contribution in [2.24, 2.45) is 5.73 Å². The van der Waals surface area contributed by atoms with Crippen molar-refractivity contribution in [1.82, 2.24) is 4.90 Å². The molecular formula is C14H16Br2N2O. The Bertz CT molecular complexity index is 542. The maximum absolute atomic E-state index is 5.89. The number of hydrogen-bond acceptors (Lipinski definition) is 3. The smallest absolute Gasteiger partial charge is 0.136 e. The Morgan fingerprint density at radius 1 is 1.32 bits per heavy atom. The minimum atomic E-state index is 0.0587. The molecule has 0 spiro atoms. The molecule has 0 aliphatic heterocycles. The van der Waals surface area contributed by atoms with Crippen molar-refractivity contribution >= 4 is 31.9 Å². The molecule has 1 heterocycles. The van der Waals surface area contributed by atoms with Crippen LogP contribution in [0.3, 0.4) is 0 Å². The summed E-state index contributed by atoms with van der Waals surface area (Å²) >= 11 is 6.98. The third kappa shape index (κ3) is 3.69. The summed E-state index contributed by atoms with van der Waals surface area (Å²) in [5.41, 5.74) is 7.12. The summed E-state index contributed by atoms with van der Waals surface area (Å²) in [6.45, 7) is 1.32. The highest BCUT2D eigenvalue weighted by atomic mass is 79.9. The van der Waals surface area contributed by atoms with E-state index >= 15 is 0 Å².